The molecular weight excluding hydrogens is 243 g/mol. The molecule has 0 fully saturated rings. The van der Waals surface area contributed by atoms with Crippen molar-refractivity contribution in [2.45, 2.75) is 0 Å². The van der Waals surface area contributed by atoms with Crippen LogP contribution < -0.4 is 4.74 Å². The lowest BCUT2D eigenvalue weighted by Crippen LogP contribution is -1.82. The van der Waals surface area contributed by atoms with Crippen LogP contribution in [0.25, 0.3) is 16.8 Å². The minimum Gasteiger partial charge on any atom is -0.497 e. The van der Waals surface area contributed by atoms with Gasteiger partial charge in [-0.25, -0.2) is 0 Å². The van der Waals surface area contributed by atoms with Gasteiger partial charge >= 0.3 is 0 Å². The number of rotatable bonds is 2. The van der Waals surface area contributed by atoms with Gasteiger partial charge in [0.05, 0.1) is 7.11 Å². The van der Waals surface area contributed by atoms with Crippen molar-refractivity contribution in [2.24, 2.45) is 0 Å². The molecular formula is C13H10Cl2O. The zero-order valence-electron chi connectivity index (χ0n) is 8.71. The van der Waals surface area contributed by atoms with E-state index in [0.717, 1.165) is 22.1 Å². The highest BCUT2D eigenvalue weighted by Gasteiger charge is 1.97. The molecule has 0 aliphatic carbocycles. The molecule has 0 saturated heterocycles. The van der Waals surface area contributed by atoms with Crippen molar-refractivity contribution in [3.05, 3.63) is 46.5 Å². The van der Waals surface area contributed by atoms with Crippen LogP contribution in [0.1, 0.15) is 5.56 Å². The zero-order chi connectivity index (χ0) is 11.5. The largest absolute Gasteiger partial charge is 0.497 e. The molecule has 0 unspecified atom stereocenters. The predicted molar refractivity (Wildman–Crippen MR) is 70.2 cm³/mol. The summed E-state index contributed by atoms with van der Waals surface area (Å²) in [4.78, 5) is 0. The third-order valence-corrected chi connectivity index (χ3v) is 2.57. The fourth-order valence-electron chi connectivity index (χ4n) is 1.59. The van der Waals surface area contributed by atoms with E-state index in [9.17, 15) is 0 Å². The first kappa shape index (κ1) is 11.3. The van der Waals surface area contributed by atoms with Crippen LogP contribution in [0.2, 0.25) is 0 Å². The summed E-state index contributed by atoms with van der Waals surface area (Å²) in [6.07, 6.45) is 1.72. The Labute approximate surface area is 104 Å². The molecule has 0 saturated carbocycles. The number of hydrogen-bond acceptors (Lipinski definition) is 1. The lowest BCUT2D eigenvalue weighted by molar-refractivity contribution is 0.415. The molecule has 0 heterocycles. The first-order chi connectivity index (χ1) is 7.69. The summed E-state index contributed by atoms with van der Waals surface area (Å²) in [6.45, 7) is 0. The first-order valence-electron chi connectivity index (χ1n) is 4.79. The van der Waals surface area contributed by atoms with Gasteiger partial charge in [0.25, 0.3) is 0 Å². The normalized spacial score (nSPS) is 10.2. The van der Waals surface area contributed by atoms with Crippen LogP contribution >= 0.6 is 23.2 Å². The molecule has 0 atom stereocenters. The van der Waals surface area contributed by atoms with E-state index in [0.29, 0.717) is 0 Å². The Morgan fingerprint density at radius 3 is 2.44 bits per heavy atom. The maximum absolute atomic E-state index is 5.62. The Hall–Kier alpha value is -1.18. The molecule has 0 amide bonds. The molecule has 2 rings (SSSR count). The van der Waals surface area contributed by atoms with Crippen molar-refractivity contribution < 1.29 is 4.74 Å². The number of ether oxygens (including phenoxy) is 1. The minimum absolute atomic E-state index is 0.257. The van der Waals surface area contributed by atoms with Crippen LogP contribution in [0, 0.1) is 0 Å². The Balaban J connectivity index is 2.51. The summed E-state index contributed by atoms with van der Waals surface area (Å²) in [5.41, 5.74) is 0.984. The van der Waals surface area contributed by atoms with E-state index in [2.05, 4.69) is 0 Å². The number of benzene rings is 2. The third-order valence-electron chi connectivity index (χ3n) is 2.35. The van der Waals surface area contributed by atoms with Crippen LogP contribution in [0.15, 0.2) is 40.9 Å². The molecule has 1 nitrogen and oxygen atoms in total. The number of methoxy groups -OCH3 is 1. The summed E-state index contributed by atoms with van der Waals surface area (Å²) in [5.74, 6) is 0.853. The Kier molecular flexibility index (Phi) is 3.37. The van der Waals surface area contributed by atoms with Crippen LogP contribution in [0.4, 0.5) is 0 Å². The molecule has 82 valence electrons. The highest BCUT2D eigenvalue weighted by atomic mass is 35.5. The van der Waals surface area contributed by atoms with E-state index in [1.54, 1.807) is 13.2 Å². The van der Waals surface area contributed by atoms with E-state index in [1.165, 1.54) is 0 Å². The topological polar surface area (TPSA) is 9.23 Å². The van der Waals surface area contributed by atoms with Gasteiger partial charge in [0.1, 0.15) is 10.2 Å². The van der Waals surface area contributed by atoms with Gasteiger partial charge in [-0.3, -0.25) is 0 Å². The first-order valence-corrected chi connectivity index (χ1v) is 5.55. The highest BCUT2D eigenvalue weighted by molar-refractivity contribution is 6.57. The fraction of sp³-hybridized carbons (Fsp3) is 0.0769. The molecule has 2 aromatic rings. The maximum atomic E-state index is 5.62. The highest BCUT2D eigenvalue weighted by Crippen LogP contribution is 2.23. The predicted octanol–water partition coefficient (Wildman–Crippen LogP) is 4.62. The van der Waals surface area contributed by atoms with Crippen LogP contribution in [0.5, 0.6) is 5.75 Å². The van der Waals surface area contributed by atoms with E-state index in [4.69, 9.17) is 27.9 Å². The van der Waals surface area contributed by atoms with Crippen molar-refractivity contribution in [2.75, 3.05) is 7.11 Å². The SMILES string of the molecule is COc1ccc2cc(C=C(Cl)Cl)ccc2c1. The standard InChI is InChI=1S/C13H10Cl2O/c1-16-12-5-4-10-6-9(7-13(14)15)2-3-11(10)8-12/h2-8H,1H3. The van der Waals surface area contributed by atoms with Crippen molar-refractivity contribution in [3.8, 4) is 5.75 Å². The molecule has 3 heteroatoms. The van der Waals surface area contributed by atoms with Gasteiger partial charge in [-0.15, -0.1) is 0 Å². The molecule has 0 spiro atoms. The second-order valence-electron chi connectivity index (χ2n) is 3.41. The number of halogens is 2. The lowest BCUT2D eigenvalue weighted by atomic mass is 10.1. The summed E-state index contributed by atoms with van der Waals surface area (Å²) in [6, 6.07) is 11.9. The molecule has 0 aliphatic heterocycles. The third kappa shape index (κ3) is 2.49. The molecule has 16 heavy (non-hydrogen) atoms. The molecule has 0 N–H and O–H groups in total. The van der Waals surface area contributed by atoms with Crippen molar-refractivity contribution in [1.29, 1.82) is 0 Å². The summed E-state index contributed by atoms with van der Waals surface area (Å²) < 4.78 is 5.42. The smallest absolute Gasteiger partial charge is 0.119 e. The Bertz CT molecular complexity index is 543. The maximum Gasteiger partial charge on any atom is 0.119 e. The van der Waals surface area contributed by atoms with Gasteiger partial charge < -0.3 is 4.74 Å². The van der Waals surface area contributed by atoms with Gasteiger partial charge in [0, 0.05) is 0 Å². The fourth-order valence-corrected chi connectivity index (χ4v) is 1.84. The average molecular weight is 253 g/mol. The van der Waals surface area contributed by atoms with Crippen molar-refractivity contribution >= 4 is 40.1 Å². The van der Waals surface area contributed by atoms with Crippen LogP contribution in [-0.2, 0) is 0 Å². The van der Waals surface area contributed by atoms with Gasteiger partial charge in [-0.1, -0.05) is 41.4 Å². The van der Waals surface area contributed by atoms with Crippen molar-refractivity contribution in [1.82, 2.24) is 0 Å². The summed E-state index contributed by atoms with van der Waals surface area (Å²) in [5, 5.41) is 2.26. The second-order valence-corrected chi connectivity index (χ2v) is 4.41. The zero-order valence-corrected chi connectivity index (χ0v) is 10.2. The van der Waals surface area contributed by atoms with Crippen LogP contribution in [0.3, 0.4) is 0 Å². The summed E-state index contributed by atoms with van der Waals surface area (Å²) >= 11 is 11.2. The molecule has 0 aliphatic rings. The van der Waals surface area contributed by atoms with Gasteiger partial charge in [-0.05, 0) is 40.6 Å². The van der Waals surface area contributed by atoms with E-state index >= 15 is 0 Å². The molecule has 0 bridgehead atoms. The molecule has 0 radical (unpaired) electrons. The van der Waals surface area contributed by atoms with Gasteiger partial charge in [0.15, 0.2) is 0 Å². The quantitative estimate of drug-likeness (QED) is 0.758. The molecule has 2 aromatic carbocycles. The number of fused-ring (bicyclic) bond motifs is 1. The van der Waals surface area contributed by atoms with E-state index in [-0.39, 0.29) is 4.49 Å². The average Bonchev–Trinajstić information content (AvgIpc) is 2.27. The van der Waals surface area contributed by atoms with Crippen LogP contribution in [-0.4, -0.2) is 7.11 Å². The van der Waals surface area contributed by atoms with E-state index < -0.39 is 0 Å². The van der Waals surface area contributed by atoms with Gasteiger partial charge in [-0.2, -0.15) is 0 Å². The van der Waals surface area contributed by atoms with Gasteiger partial charge in [0.2, 0.25) is 0 Å². The lowest BCUT2D eigenvalue weighted by Gasteiger charge is -2.03. The van der Waals surface area contributed by atoms with Crippen molar-refractivity contribution in [3.63, 3.8) is 0 Å². The second kappa shape index (κ2) is 4.77. The molecule has 0 aromatic heterocycles. The summed E-state index contributed by atoms with van der Waals surface area (Å²) in [7, 11) is 1.66. The monoisotopic (exact) mass is 252 g/mol. The Morgan fingerprint density at radius 2 is 1.75 bits per heavy atom. The van der Waals surface area contributed by atoms with E-state index in [1.807, 2.05) is 36.4 Å². The number of hydrogen-bond donors (Lipinski definition) is 0. The Morgan fingerprint density at radius 1 is 1.06 bits per heavy atom. The minimum atomic E-state index is 0.257.